The van der Waals surface area contributed by atoms with E-state index in [9.17, 15) is 8.42 Å². The quantitative estimate of drug-likeness (QED) is 0.769. The van der Waals surface area contributed by atoms with Gasteiger partial charge in [-0.05, 0) is 37.5 Å². The molecular formula is C15H26N2O3S. The number of nitrogens with two attached hydrogens (primary N) is 1. The van der Waals surface area contributed by atoms with Gasteiger partial charge < -0.3 is 10.1 Å². The number of nitrogens with one attached hydrogen (secondary N) is 1. The highest BCUT2D eigenvalue weighted by Gasteiger charge is 2.18. The highest BCUT2D eigenvalue weighted by Crippen LogP contribution is 2.18. The summed E-state index contributed by atoms with van der Waals surface area (Å²) in [5, 5.41) is 8.66. The van der Waals surface area contributed by atoms with Gasteiger partial charge >= 0.3 is 0 Å². The number of sulfonamides is 1. The number of rotatable bonds is 8. The molecule has 0 aliphatic heterocycles. The van der Waals surface area contributed by atoms with Gasteiger partial charge in [0.05, 0.1) is 11.5 Å². The van der Waals surface area contributed by atoms with Crippen LogP contribution in [0, 0.1) is 5.92 Å². The van der Waals surface area contributed by atoms with Crippen molar-refractivity contribution in [3.63, 3.8) is 0 Å². The van der Waals surface area contributed by atoms with Gasteiger partial charge in [0.1, 0.15) is 0 Å². The normalized spacial score (nSPS) is 15.1. The molecule has 0 bridgehead atoms. The lowest BCUT2D eigenvalue weighted by atomic mass is 10.0. The predicted octanol–water partition coefficient (Wildman–Crippen LogP) is 2.05. The summed E-state index contributed by atoms with van der Waals surface area (Å²) in [6.07, 6.45) is 0. The van der Waals surface area contributed by atoms with E-state index < -0.39 is 10.0 Å². The molecule has 1 rings (SSSR count). The van der Waals surface area contributed by atoms with Crippen LogP contribution in [-0.4, -0.2) is 27.7 Å². The van der Waals surface area contributed by atoms with Crippen molar-refractivity contribution >= 4 is 10.0 Å². The Morgan fingerprint density at radius 1 is 1.29 bits per heavy atom. The van der Waals surface area contributed by atoms with Gasteiger partial charge in [-0.2, -0.15) is 0 Å². The SMILES string of the molecule is CCOCC(NC(C)c1cccc(S(N)(=O)=O)c1)C(C)C. The Labute approximate surface area is 127 Å². The van der Waals surface area contributed by atoms with Crippen LogP contribution in [0.2, 0.25) is 0 Å². The van der Waals surface area contributed by atoms with Crippen molar-refractivity contribution in [3.05, 3.63) is 29.8 Å². The zero-order chi connectivity index (χ0) is 16.0. The molecule has 1 aromatic carbocycles. The van der Waals surface area contributed by atoms with Crippen LogP contribution in [0.1, 0.15) is 39.3 Å². The van der Waals surface area contributed by atoms with Crippen molar-refractivity contribution in [2.24, 2.45) is 11.1 Å². The Balaban J connectivity index is 2.85. The molecule has 0 aliphatic rings. The molecule has 0 fully saturated rings. The van der Waals surface area contributed by atoms with Crippen molar-refractivity contribution in [3.8, 4) is 0 Å². The minimum Gasteiger partial charge on any atom is -0.380 e. The summed E-state index contributed by atoms with van der Waals surface area (Å²) >= 11 is 0. The Morgan fingerprint density at radius 3 is 2.48 bits per heavy atom. The third-order valence-corrected chi connectivity index (χ3v) is 4.37. The van der Waals surface area contributed by atoms with E-state index >= 15 is 0 Å². The first-order valence-corrected chi connectivity index (χ1v) is 8.76. The molecule has 3 N–H and O–H groups in total. The van der Waals surface area contributed by atoms with Gasteiger partial charge in [-0.15, -0.1) is 0 Å². The van der Waals surface area contributed by atoms with Crippen LogP contribution in [0.3, 0.4) is 0 Å². The number of hydrogen-bond donors (Lipinski definition) is 2. The van der Waals surface area contributed by atoms with Crippen molar-refractivity contribution in [1.29, 1.82) is 0 Å². The van der Waals surface area contributed by atoms with E-state index in [1.165, 1.54) is 6.07 Å². The molecule has 21 heavy (non-hydrogen) atoms. The largest absolute Gasteiger partial charge is 0.380 e. The van der Waals surface area contributed by atoms with Crippen LogP contribution in [0.25, 0.3) is 0 Å². The van der Waals surface area contributed by atoms with Crippen LogP contribution in [0.15, 0.2) is 29.2 Å². The van der Waals surface area contributed by atoms with Crippen LogP contribution in [0.5, 0.6) is 0 Å². The Hall–Kier alpha value is -0.950. The molecule has 1 aromatic rings. The summed E-state index contributed by atoms with van der Waals surface area (Å²) in [4.78, 5) is 0.138. The summed E-state index contributed by atoms with van der Waals surface area (Å²) in [5.74, 6) is 0.417. The Morgan fingerprint density at radius 2 is 1.95 bits per heavy atom. The molecule has 0 radical (unpaired) electrons. The highest BCUT2D eigenvalue weighted by atomic mass is 32.2. The topological polar surface area (TPSA) is 81.4 Å². The minimum absolute atomic E-state index is 0.0135. The molecule has 0 saturated heterocycles. The Kier molecular flexibility index (Phi) is 6.80. The Bertz CT molecular complexity index is 544. The van der Waals surface area contributed by atoms with E-state index in [1.54, 1.807) is 12.1 Å². The molecule has 0 aliphatic carbocycles. The summed E-state index contributed by atoms with van der Waals surface area (Å²) < 4.78 is 28.3. The second-order valence-electron chi connectivity index (χ2n) is 5.52. The highest BCUT2D eigenvalue weighted by molar-refractivity contribution is 7.89. The lowest BCUT2D eigenvalue weighted by Gasteiger charge is -2.26. The lowest BCUT2D eigenvalue weighted by molar-refractivity contribution is 0.104. The molecule has 0 aromatic heterocycles. The number of ether oxygens (including phenoxy) is 1. The van der Waals surface area contributed by atoms with Gasteiger partial charge in [0, 0.05) is 18.7 Å². The molecule has 0 spiro atoms. The first kappa shape index (κ1) is 18.1. The first-order valence-electron chi connectivity index (χ1n) is 7.22. The third-order valence-electron chi connectivity index (χ3n) is 3.46. The molecule has 6 heteroatoms. The van der Waals surface area contributed by atoms with E-state index in [2.05, 4.69) is 19.2 Å². The third kappa shape index (κ3) is 5.74. The number of hydrogen-bond acceptors (Lipinski definition) is 4. The average molecular weight is 314 g/mol. The number of benzene rings is 1. The maximum atomic E-state index is 11.4. The van der Waals surface area contributed by atoms with Crippen molar-refractivity contribution in [1.82, 2.24) is 5.32 Å². The molecule has 5 nitrogen and oxygen atoms in total. The van der Waals surface area contributed by atoms with E-state index in [4.69, 9.17) is 9.88 Å². The maximum Gasteiger partial charge on any atom is 0.238 e. The average Bonchev–Trinajstić information content (AvgIpc) is 2.42. The molecule has 2 atom stereocenters. The molecule has 0 heterocycles. The number of primary sulfonamides is 1. The summed E-state index contributed by atoms with van der Waals surface area (Å²) in [5.41, 5.74) is 0.892. The summed E-state index contributed by atoms with van der Waals surface area (Å²) in [7, 11) is -3.67. The van der Waals surface area contributed by atoms with Gasteiger partial charge in [0.2, 0.25) is 10.0 Å². The second kappa shape index (κ2) is 7.89. The van der Waals surface area contributed by atoms with Crippen LogP contribution >= 0.6 is 0 Å². The van der Waals surface area contributed by atoms with E-state index in [0.29, 0.717) is 19.1 Å². The van der Waals surface area contributed by atoms with Crippen LogP contribution in [-0.2, 0) is 14.8 Å². The van der Waals surface area contributed by atoms with Gasteiger partial charge in [0.15, 0.2) is 0 Å². The van der Waals surface area contributed by atoms with Gasteiger partial charge in [-0.3, -0.25) is 0 Å². The zero-order valence-corrected chi connectivity index (χ0v) is 14.0. The molecule has 2 unspecified atom stereocenters. The molecule has 0 saturated carbocycles. The standard InChI is InChI=1S/C15H26N2O3S/c1-5-20-10-15(11(2)3)17-12(4)13-7-6-8-14(9-13)21(16,18)19/h6-9,11-12,15,17H,5,10H2,1-4H3,(H2,16,18,19). The lowest BCUT2D eigenvalue weighted by Crippen LogP contribution is -2.39. The van der Waals surface area contributed by atoms with Crippen LogP contribution < -0.4 is 10.5 Å². The van der Waals surface area contributed by atoms with E-state index in [-0.39, 0.29) is 17.0 Å². The van der Waals surface area contributed by atoms with E-state index in [1.807, 2.05) is 19.9 Å². The summed E-state index contributed by atoms with van der Waals surface area (Å²) in [6.45, 7) is 9.54. The smallest absolute Gasteiger partial charge is 0.238 e. The zero-order valence-electron chi connectivity index (χ0n) is 13.2. The van der Waals surface area contributed by atoms with Crippen molar-refractivity contribution in [2.75, 3.05) is 13.2 Å². The van der Waals surface area contributed by atoms with Crippen LogP contribution in [0.4, 0.5) is 0 Å². The maximum absolute atomic E-state index is 11.4. The van der Waals surface area contributed by atoms with Gasteiger partial charge in [0.25, 0.3) is 0 Å². The fraction of sp³-hybridized carbons (Fsp3) is 0.600. The minimum atomic E-state index is -3.67. The molecule has 120 valence electrons. The van der Waals surface area contributed by atoms with Crippen molar-refractivity contribution in [2.45, 2.75) is 44.7 Å². The van der Waals surface area contributed by atoms with Gasteiger partial charge in [-0.25, -0.2) is 13.6 Å². The molecular weight excluding hydrogens is 288 g/mol. The summed E-state index contributed by atoms with van der Waals surface area (Å²) in [6, 6.07) is 6.94. The monoisotopic (exact) mass is 314 g/mol. The van der Waals surface area contributed by atoms with Gasteiger partial charge in [-0.1, -0.05) is 26.0 Å². The van der Waals surface area contributed by atoms with E-state index in [0.717, 1.165) is 5.56 Å². The predicted molar refractivity (Wildman–Crippen MR) is 84.5 cm³/mol. The second-order valence-corrected chi connectivity index (χ2v) is 7.08. The fourth-order valence-corrected chi connectivity index (χ4v) is 2.62. The van der Waals surface area contributed by atoms with Crippen molar-refractivity contribution < 1.29 is 13.2 Å². The first-order chi connectivity index (χ1) is 9.75. The fourth-order valence-electron chi connectivity index (χ4n) is 2.06. The molecule has 0 amide bonds.